The normalized spacial score (nSPS) is 20.4. The van der Waals surface area contributed by atoms with Gasteiger partial charge >= 0.3 is 0 Å². The Morgan fingerprint density at radius 3 is 1.32 bits per heavy atom. The van der Waals surface area contributed by atoms with Gasteiger partial charge in [-0.15, -0.1) is 0 Å². The average molecular weight is 737 g/mol. The summed E-state index contributed by atoms with van der Waals surface area (Å²) in [6, 6.07) is 37.6. The maximum Gasteiger partial charge on any atom is 0.246 e. The zero-order valence-corrected chi connectivity index (χ0v) is 31.2. The van der Waals surface area contributed by atoms with E-state index in [1.54, 1.807) is 0 Å². The van der Waals surface area contributed by atoms with Crippen molar-refractivity contribution < 1.29 is 19.1 Å². The molecule has 5 aromatic rings. The highest BCUT2D eigenvalue weighted by atomic mass is 32.1. The van der Waals surface area contributed by atoms with Crippen LogP contribution in [-0.4, -0.2) is 34.2 Å². The number of para-hydroxylation sites is 1. The molecule has 0 bridgehead atoms. The van der Waals surface area contributed by atoms with Gasteiger partial charge in [0.1, 0.15) is 17.6 Å². The monoisotopic (exact) mass is 736 g/mol. The SMILES string of the molecule is Cc1ccc(N2C(=O)C([C@@H]3c4ccccc4O[C@H]4[C@@H]3C(=O)N(c3ccc(C)cc3)C(=S)N4c3ccc(C)cc3)C(=O)N(c3ccc(C)cc3)C2=S)cc1. The lowest BCUT2D eigenvalue weighted by Crippen LogP contribution is -2.69. The molecule has 8 nitrogen and oxygen atoms in total. The van der Waals surface area contributed by atoms with Crippen LogP contribution in [0.2, 0.25) is 0 Å². The summed E-state index contributed by atoms with van der Waals surface area (Å²) in [4.78, 5) is 51.8. The molecule has 0 radical (unpaired) electrons. The Balaban J connectivity index is 1.35. The number of thiocarbonyl (C=S) groups is 2. The van der Waals surface area contributed by atoms with Gasteiger partial charge in [-0.05, 0) is 112 Å². The van der Waals surface area contributed by atoms with Gasteiger partial charge in [-0.1, -0.05) is 89.0 Å². The van der Waals surface area contributed by atoms with Crippen LogP contribution in [0.3, 0.4) is 0 Å². The molecule has 0 spiro atoms. The minimum absolute atomic E-state index is 0.0413. The van der Waals surface area contributed by atoms with Crippen LogP contribution in [0.25, 0.3) is 0 Å². The van der Waals surface area contributed by atoms with Crippen LogP contribution >= 0.6 is 24.4 Å². The first kappa shape index (κ1) is 34.4. The van der Waals surface area contributed by atoms with Crippen molar-refractivity contribution in [2.24, 2.45) is 11.8 Å². The predicted molar refractivity (Wildman–Crippen MR) is 215 cm³/mol. The molecule has 53 heavy (non-hydrogen) atoms. The van der Waals surface area contributed by atoms with E-state index < -0.39 is 35.8 Å². The van der Waals surface area contributed by atoms with Gasteiger partial charge in [0.05, 0.1) is 17.1 Å². The molecule has 3 heterocycles. The predicted octanol–water partition coefficient (Wildman–Crippen LogP) is 8.16. The molecular formula is C43H36N4O4S2. The molecule has 0 aliphatic carbocycles. The third-order valence-electron chi connectivity index (χ3n) is 10.3. The summed E-state index contributed by atoms with van der Waals surface area (Å²) in [5, 5.41) is 0.270. The molecule has 0 N–H and O–H groups in total. The van der Waals surface area contributed by atoms with Crippen molar-refractivity contribution in [2.75, 3.05) is 19.6 Å². The van der Waals surface area contributed by atoms with E-state index in [0.717, 1.165) is 22.3 Å². The number of aryl methyl sites for hydroxylation is 4. The zero-order valence-electron chi connectivity index (χ0n) is 29.6. The van der Waals surface area contributed by atoms with Gasteiger partial charge in [-0.3, -0.25) is 34.0 Å². The Morgan fingerprint density at radius 2 is 0.868 bits per heavy atom. The summed E-state index contributed by atoms with van der Waals surface area (Å²) in [7, 11) is 0. The Labute approximate surface area is 319 Å². The van der Waals surface area contributed by atoms with Crippen LogP contribution < -0.4 is 24.3 Å². The molecule has 0 aromatic heterocycles. The Morgan fingerprint density at radius 1 is 0.472 bits per heavy atom. The molecule has 2 fully saturated rings. The van der Waals surface area contributed by atoms with Gasteiger partial charge in [-0.25, -0.2) is 0 Å². The quantitative estimate of drug-likeness (QED) is 0.133. The number of amides is 3. The van der Waals surface area contributed by atoms with Gasteiger partial charge in [-0.2, -0.15) is 0 Å². The topological polar surface area (TPSA) is 73.4 Å². The highest BCUT2D eigenvalue weighted by molar-refractivity contribution is 7.81. The van der Waals surface area contributed by atoms with Crippen LogP contribution in [0.5, 0.6) is 5.75 Å². The number of anilines is 4. The summed E-state index contributed by atoms with van der Waals surface area (Å²) >= 11 is 12.1. The van der Waals surface area contributed by atoms with E-state index in [2.05, 4.69) is 0 Å². The molecular weight excluding hydrogens is 701 g/mol. The Hall–Kier alpha value is -5.71. The molecule has 0 saturated carbocycles. The minimum atomic E-state index is -1.36. The van der Waals surface area contributed by atoms with Crippen molar-refractivity contribution in [3.63, 3.8) is 0 Å². The molecule has 8 rings (SSSR count). The Bertz CT molecular complexity index is 2220. The van der Waals surface area contributed by atoms with Crippen molar-refractivity contribution in [1.29, 1.82) is 0 Å². The molecule has 3 aliphatic heterocycles. The summed E-state index contributed by atoms with van der Waals surface area (Å²) in [6.45, 7) is 7.89. The fourth-order valence-corrected chi connectivity index (χ4v) is 8.31. The third kappa shape index (κ3) is 5.78. The molecule has 5 aromatic carbocycles. The smallest absolute Gasteiger partial charge is 0.246 e. The van der Waals surface area contributed by atoms with Gasteiger partial charge in [0.15, 0.2) is 16.5 Å². The van der Waals surface area contributed by atoms with Crippen molar-refractivity contribution in [2.45, 2.75) is 39.8 Å². The van der Waals surface area contributed by atoms with Crippen molar-refractivity contribution in [3.05, 3.63) is 149 Å². The summed E-state index contributed by atoms with van der Waals surface area (Å²) in [5.41, 5.74) is 6.99. The second-order valence-electron chi connectivity index (χ2n) is 13.9. The van der Waals surface area contributed by atoms with Crippen LogP contribution in [0.15, 0.2) is 121 Å². The molecule has 2 saturated heterocycles. The van der Waals surface area contributed by atoms with E-state index >= 15 is 14.4 Å². The number of rotatable bonds is 5. The van der Waals surface area contributed by atoms with Crippen molar-refractivity contribution in [3.8, 4) is 5.75 Å². The molecule has 3 aliphatic rings. The lowest BCUT2D eigenvalue weighted by molar-refractivity contribution is -0.137. The van der Waals surface area contributed by atoms with E-state index in [1.165, 1.54) is 14.7 Å². The van der Waals surface area contributed by atoms with Crippen LogP contribution in [0.4, 0.5) is 22.7 Å². The van der Waals surface area contributed by atoms with Gasteiger partial charge in [0, 0.05) is 11.6 Å². The van der Waals surface area contributed by atoms with Crippen LogP contribution in [0.1, 0.15) is 33.7 Å². The minimum Gasteiger partial charge on any atom is -0.469 e. The summed E-state index contributed by atoms with van der Waals surface area (Å²) in [6.07, 6.45) is -0.977. The fraction of sp³-hybridized carbons (Fsp3) is 0.186. The molecule has 0 unspecified atom stereocenters. The highest BCUT2D eigenvalue weighted by Gasteiger charge is 2.60. The largest absolute Gasteiger partial charge is 0.469 e. The number of nitrogens with zero attached hydrogens (tertiary/aromatic N) is 4. The molecule has 10 heteroatoms. The first-order valence-electron chi connectivity index (χ1n) is 17.4. The number of benzene rings is 5. The standard InChI is InChI=1S/C43H36N4O4S2/c1-25-9-17-29(18-10-25)44-38(48)36(39(49)45(42(44)52)30-19-11-26(2)12-20-30)35-33-7-5-6-8-34(33)51-41-37(35)40(50)46(31-21-13-27(3)14-22-31)43(53)47(41)32-23-15-28(4)16-24-32/h5-24,35-37,41H,1-4H3/t35-,37-,41-/m0/s1. The number of ether oxygens (including phenoxy) is 1. The fourth-order valence-electron chi connectivity index (χ4n) is 7.51. The lowest BCUT2D eigenvalue weighted by atomic mass is 9.70. The number of carbonyl (C=O) groups is 3. The first-order chi connectivity index (χ1) is 25.5. The van der Waals surface area contributed by atoms with E-state index in [1.807, 2.05) is 154 Å². The second kappa shape index (κ2) is 13.4. The number of hydrogen-bond donors (Lipinski definition) is 0. The molecule has 264 valence electrons. The zero-order chi connectivity index (χ0) is 37.1. The first-order valence-corrected chi connectivity index (χ1v) is 18.3. The highest BCUT2D eigenvalue weighted by Crippen LogP contribution is 2.51. The average Bonchev–Trinajstić information content (AvgIpc) is 3.14. The summed E-state index contributed by atoms with van der Waals surface area (Å²) in [5.74, 6) is -4.32. The maximum atomic E-state index is 15.3. The second-order valence-corrected chi connectivity index (χ2v) is 14.6. The summed E-state index contributed by atoms with van der Waals surface area (Å²) < 4.78 is 6.75. The number of hydrogen-bond acceptors (Lipinski definition) is 6. The van der Waals surface area contributed by atoms with Gasteiger partial charge in [0.2, 0.25) is 17.7 Å². The molecule has 3 atom stereocenters. The van der Waals surface area contributed by atoms with Crippen LogP contribution in [0, 0.1) is 39.5 Å². The number of carbonyl (C=O) groups excluding carboxylic acids is 3. The Kier molecular flexibility index (Phi) is 8.67. The van der Waals surface area contributed by atoms with Crippen molar-refractivity contribution in [1.82, 2.24) is 0 Å². The van der Waals surface area contributed by atoms with Gasteiger partial charge < -0.3 is 4.74 Å². The van der Waals surface area contributed by atoms with E-state index in [4.69, 9.17) is 29.2 Å². The van der Waals surface area contributed by atoms with Crippen LogP contribution in [-0.2, 0) is 14.4 Å². The third-order valence-corrected chi connectivity index (χ3v) is 11.0. The van der Waals surface area contributed by atoms with E-state index in [-0.39, 0.29) is 16.1 Å². The van der Waals surface area contributed by atoms with Gasteiger partial charge in [0.25, 0.3) is 0 Å². The van der Waals surface area contributed by atoms with E-state index in [9.17, 15) is 0 Å². The maximum absolute atomic E-state index is 15.3. The number of fused-ring (bicyclic) bond motifs is 2. The lowest BCUT2D eigenvalue weighted by Gasteiger charge is -2.52. The van der Waals surface area contributed by atoms with E-state index in [0.29, 0.717) is 34.1 Å². The molecule has 3 amide bonds. The van der Waals surface area contributed by atoms with Crippen molar-refractivity contribution >= 4 is 75.1 Å².